The molecule has 0 spiro atoms. The molecule has 0 aromatic carbocycles. The zero-order valence-corrected chi connectivity index (χ0v) is 14.0. The van der Waals surface area contributed by atoms with Crippen molar-refractivity contribution in [1.82, 2.24) is 20.3 Å². The molecule has 1 unspecified atom stereocenters. The van der Waals surface area contributed by atoms with Crippen molar-refractivity contribution in [2.24, 2.45) is 0 Å². The summed E-state index contributed by atoms with van der Waals surface area (Å²) in [6.07, 6.45) is 7.12. The van der Waals surface area contributed by atoms with Crippen molar-refractivity contribution in [3.63, 3.8) is 0 Å². The van der Waals surface area contributed by atoms with E-state index in [1.165, 1.54) is 0 Å². The summed E-state index contributed by atoms with van der Waals surface area (Å²) in [5.41, 5.74) is 0.593. The van der Waals surface area contributed by atoms with E-state index in [-0.39, 0.29) is 11.9 Å². The van der Waals surface area contributed by atoms with Crippen LogP contribution >= 0.6 is 0 Å². The number of pyridine rings is 1. The maximum atomic E-state index is 12.7. The molecule has 1 N–H and O–H groups in total. The molecule has 0 bridgehead atoms. The lowest BCUT2D eigenvalue weighted by atomic mass is 10.1. The van der Waals surface area contributed by atoms with E-state index in [0.29, 0.717) is 23.9 Å². The Bertz CT molecular complexity index is 690. The van der Waals surface area contributed by atoms with Gasteiger partial charge in [-0.15, -0.1) is 0 Å². The van der Waals surface area contributed by atoms with Gasteiger partial charge >= 0.3 is 0 Å². The fraction of sp³-hybridized carbons (Fsp3) is 0.412. The molecule has 1 aliphatic heterocycles. The minimum absolute atomic E-state index is 0.0743. The molecule has 7 heteroatoms. The van der Waals surface area contributed by atoms with E-state index in [0.717, 1.165) is 19.4 Å². The molecule has 24 heavy (non-hydrogen) atoms. The molecular weight excluding hydrogens is 304 g/mol. The average Bonchev–Trinajstić information content (AvgIpc) is 2.62. The number of carbonyl (C=O) groups excluding carboxylic acids is 1. The molecule has 1 amide bonds. The Morgan fingerprint density at radius 1 is 1.21 bits per heavy atom. The standard InChI is InChI=1S/C17H22N6O/c1-22(2)15-14(7-3-8-18-15)16(24)21-13-6-4-11-23(12-13)17-19-9-5-10-20-17/h3,5,7-10,13H,4,6,11-12H2,1-2H3,(H,21,24). The van der Waals surface area contributed by atoms with E-state index < -0.39 is 0 Å². The van der Waals surface area contributed by atoms with Crippen molar-refractivity contribution in [2.75, 3.05) is 37.0 Å². The van der Waals surface area contributed by atoms with E-state index >= 15 is 0 Å². The van der Waals surface area contributed by atoms with Crippen LogP contribution in [0.25, 0.3) is 0 Å². The largest absolute Gasteiger partial charge is 0.362 e. The van der Waals surface area contributed by atoms with Crippen molar-refractivity contribution in [3.8, 4) is 0 Å². The zero-order valence-electron chi connectivity index (χ0n) is 14.0. The smallest absolute Gasteiger partial charge is 0.255 e. The monoisotopic (exact) mass is 326 g/mol. The summed E-state index contributed by atoms with van der Waals surface area (Å²) in [5, 5.41) is 3.13. The Labute approximate surface area is 141 Å². The van der Waals surface area contributed by atoms with Gasteiger partial charge in [0.15, 0.2) is 0 Å². The minimum atomic E-state index is -0.0902. The lowest BCUT2D eigenvalue weighted by Crippen LogP contribution is -2.48. The highest BCUT2D eigenvalue weighted by atomic mass is 16.1. The highest BCUT2D eigenvalue weighted by Crippen LogP contribution is 2.18. The predicted molar refractivity (Wildman–Crippen MR) is 93.3 cm³/mol. The number of anilines is 2. The third-order valence-corrected chi connectivity index (χ3v) is 4.05. The van der Waals surface area contributed by atoms with E-state index in [1.807, 2.05) is 19.0 Å². The highest BCUT2D eigenvalue weighted by molar-refractivity contribution is 5.99. The van der Waals surface area contributed by atoms with Gasteiger partial charge in [-0.25, -0.2) is 15.0 Å². The van der Waals surface area contributed by atoms with Crippen LogP contribution in [0, 0.1) is 0 Å². The summed E-state index contributed by atoms with van der Waals surface area (Å²) in [7, 11) is 3.77. The molecule has 126 valence electrons. The fourth-order valence-corrected chi connectivity index (χ4v) is 2.92. The van der Waals surface area contributed by atoms with Crippen molar-refractivity contribution < 1.29 is 4.79 Å². The molecule has 0 aliphatic carbocycles. The van der Waals surface area contributed by atoms with Crippen molar-refractivity contribution in [3.05, 3.63) is 42.4 Å². The summed E-state index contributed by atoms with van der Waals surface area (Å²) < 4.78 is 0. The SMILES string of the molecule is CN(C)c1ncccc1C(=O)NC1CCCN(c2ncccn2)C1. The van der Waals surface area contributed by atoms with Crippen LogP contribution in [0.5, 0.6) is 0 Å². The fourth-order valence-electron chi connectivity index (χ4n) is 2.92. The number of nitrogens with one attached hydrogen (secondary N) is 1. The number of rotatable bonds is 4. The first-order valence-electron chi connectivity index (χ1n) is 8.10. The average molecular weight is 326 g/mol. The number of piperidine rings is 1. The van der Waals surface area contributed by atoms with Gasteiger partial charge in [0.25, 0.3) is 5.91 Å². The van der Waals surface area contributed by atoms with Crippen LogP contribution in [-0.2, 0) is 0 Å². The Balaban J connectivity index is 1.69. The van der Waals surface area contributed by atoms with Crippen LogP contribution in [0.15, 0.2) is 36.8 Å². The molecular formula is C17H22N6O. The lowest BCUT2D eigenvalue weighted by molar-refractivity contribution is 0.0933. The molecule has 1 aliphatic rings. The Morgan fingerprint density at radius 2 is 1.96 bits per heavy atom. The van der Waals surface area contributed by atoms with Crippen LogP contribution in [-0.4, -0.2) is 54.1 Å². The number of amides is 1. The maximum absolute atomic E-state index is 12.7. The number of carbonyl (C=O) groups is 1. The van der Waals surface area contributed by atoms with Gasteiger partial charge in [0, 0.05) is 51.8 Å². The van der Waals surface area contributed by atoms with Crippen molar-refractivity contribution in [2.45, 2.75) is 18.9 Å². The van der Waals surface area contributed by atoms with Gasteiger partial charge in [-0.3, -0.25) is 4.79 Å². The first-order chi connectivity index (χ1) is 11.6. The molecule has 2 aromatic heterocycles. The Kier molecular flexibility index (Phi) is 4.88. The van der Waals surface area contributed by atoms with Crippen molar-refractivity contribution in [1.29, 1.82) is 0 Å². The minimum Gasteiger partial charge on any atom is -0.362 e. The van der Waals surface area contributed by atoms with Crippen LogP contribution in [0.4, 0.5) is 11.8 Å². The Morgan fingerprint density at radius 3 is 2.71 bits per heavy atom. The molecule has 3 rings (SSSR count). The molecule has 1 saturated heterocycles. The zero-order chi connectivity index (χ0) is 16.9. The van der Waals surface area contributed by atoms with E-state index in [9.17, 15) is 4.79 Å². The molecule has 2 aromatic rings. The summed E-state index contributed by atoms with van der Waals surface area (Å²) in [4.78, 5) is 29.5. The molecule has 0 saturated carbocycles. The number of aromatic nitrogens is 3. The van der Waals surface area contributed by atoms with Gasteiger partial charge in [0.05, 0.1) is 5.56 Å². The van der Waals surface area contributed by atoms with E-state index in [2.05, 4.69) is 25.2 Å². The second-order valence-electron chi connectivity index (χ2n) is 6.08. The van der Waals surface area contributed by atoms with Crippen molar-refractivity contribution >= 4 is 17.7 Å². The van der Waals surface area contributed by atoms with Gasteiger partial charge < -0.3 is 15.1 Å². The van der Waals surface area contributed by atoms with Crippen LogP contribution in [0.1, 0.15) is 23.2 Å². The van der Waals surface area contributed by atoms with Gasteiger partial charge in [-0.05, 0) is 31.0 Å². The maximum Gasteiger partial charge on any atom is 0.255 e. The van der Waals surface area contributed by atoms with E-state index in [1.54, 1.807) is 36.8 Å². The third-order valence-electron chi connectivity index (χ3n) is 4.05. The number of hydrogen-bond acceptors (Lipinski definition) is 6. The van der Waals surface area contributed by atoms with Gasteiger partial charge in [-0.2, -0.15) is 0 Å². The summed E-state index contributed by atoms with van der Waals surface area (Å²) >= 11 is 0. The quantitative estimate of drug-likeness (QED) is 0.914. The first kappa shape index (κ1) is 16.2. The topological polar surface area (TPSA) is 74.2 Å². The highest BCUT2D eigenvalue weighted by Gasteiger charge is 2.24. The predicted octanol–water partition coefficient (Wildman–Crippen LogP) is 1.34. The first-order valence-corrected chi connectivity index (χ1v) is 8.10. The van der Waals surface area contributed by atoms with Gasteiger partial charge in [-0.1, -0.05) is 0 Å². The second-order valence-corrected chi connectivity index (χ2v) is 6.08. The summed E-state index contributed by atoms with van der Waals surface area (Å²) in [6, 6.07) is 5.47. The number of nitrogens with zero attached hydrogens (tertiary/aromatic N) is 5. The van der Waals surface area contributed by atoms with Crippen LogP contribution in [0.2, 0.25) is 0 Å². The second kappa shape index (κ2) is 7.25. The van der Waals surface area contributed by atoms with E-state index in [4.69, 9.17) is 0 Å². The van der Waals surface area contributed by atoms with Gasteiger partial charge in [0.1, 0.15) is 5.82 Å². The summed E-state index contributed by atoms with van der Waals surface area (Å²) in [5.74, 6) is 1.30. The third kappa shape index (κ3) is 3.61. The molecule has 1 atom stereocenters. The number of hydrogen-bond donors (Lipinski definition) is 1. The molecule has 0 radical (unpaired) electrons. The molecule has 3 heterocycles. The summed E-state index contributed by atoms with van der Waals surface area (Å²) in [6.45, 7) is 1.62. The normalized spacial score (nSPS) is 17.4. The Hall–Kier alpha value is -2.70. The molecule has 1 fully saturated rings. The molecule has 7 nitrogen and oxygen atoms in total. The van der Waals surface area contributed by atoms with Gasteiger partial charge in [0.2, 0.25) is 5.95 Å². The van der Waals surface area contributed by atoms with Crippen LogP contribution < -0.4 is 15.1 Å². The van der Waals surface area contributed by atoms with Crippen LogP contribution in [0.3, 0.4) is 0 Å². The lowest BCUT2D eigenvalue weighted by Gasteiger charge is -2.33.